The topological polar surface area (TPSA) is 71.7 Å². The van der Waals surface area contributed by atoms with E-state index in [2.05, 4.69) is 69.6 Å². The molecule has 7 nitrogen and oxygen atoms in total. The van der Waals surface area contributed by atoms with Crippen LogP contribution in [0.15, 0.2) is 54.0 Å². The van der Waals surface area contributed by atoms with Crippen molar-refractivity contribution < 1.29 is 4.79 Å². The van der Waals surface area contributed by atoms with Gasteiger partial charge in [0.25, 0.3) is 0 Å². The summed E-state index contributed by atoms with van der Waals surface area (Å²) < 4.78 is 0. The SMILES string of the molecule is C#CN/C(=C\NC)CCCCNC(=O)N1CCN(C2c3ccc(Cl)cc3CCC3=CC=CNC32C)CC1. The Bertz CT molecular complexity index is 1100. The van der Waals surface area contributed by atoms with E-state index in [1.165, 1.54) is 16.7 Å². The van der Waals surface area contributed by atoms with Crippen molar-refractivity contribution in [3.05, 3.63) is 70.2 Å². The highest BCUT2D eigenvalue weighted by Gasteiger charge is 2.45. The van der Waals surface area contributed by atoms with Gasteiger partial charge in [-0.1, -0.05) is 30.2 Å². The predicted molar refractivity (Wildman–Crippen MR) is 151 cm³/mol. The fourth-order valence-electron chi connectivity index (χ4n) is 5.82. The molecular weight excluding hydrogens is 484 g/mol. The zero-order valence-corrected chi connectivity index (χ0v) is 22.7. The number of amides is 2. The summed E-state index contributed by atoms with van der Waals surface area (Å²) in [5.41, 5.74) is 4.85. The van der Waals surface area contributed by atoms with E-state index < -0.39 is 0 Å². The predicted octanol–water partition coefficient (Wildman–Crippen LogP) is 3.87. The third-order valence-corrected chi connectivity index (χ3v) is 7.96. The van der Waals surface area contributed by atoms with E-state index in [1.807, 2.05) is 24.2 Å². The molecule has 0 aromatic heterocycles. The van der Waals surface area contributed by atoms with Gasteiger partial charge >= 0.3 is 6.03 Å². The molecule has 1 aromatic rings. The van der Waals surface area contributed by atoms with Crippen molar-refractivity contribution in [3.8, 4) is 12.5 Å². The molecule has 4 rings (SSSR count). The molecule has 2 heterocycles. The van der Waals surface area contributed by atoms with Crippen molar-refractivity contribution in [2.24, 2.45) is 0 Å². The number of hydrogen-bond acceptors (Lipinski definition) is 5. The average Bonchev–Trinajstić information content (AvgIpc) is 3.02. The number of nitrogens with zero attached hydrogens (tertiary/aromatic N) is 2. The fraction of sp³-hybridized carbons (Fsp3) is 0.483. The van der Waals surface area contributed by atoms with Gasteiger partial charge in [-0.05, 0) is 80.1 Å². The van der Waals surface area contributed by atoms with E-state index >= 15 is 0 Å². The fourth-order valence-corrected chi connectivity index (χ4v) is 6.01. The van der Waals surface area contributed by atoms with Gasteiger partial charge in [-0.15, -0.1) is 0 Å². The van der Waals surface area contributed by atoms with Crippen LogP contribution in [0.1, 0.15) is 49.8 Å². The van der Waals surface area contributed by atoms with E-state index in [-0.39, 0.29) is 17.6 Å². The minimum absolute atomic E-state index is 0.0194. The zero-order chi connectivity index (χ0) is 26.3. The normalized spacial score (nSPS) is 23.5. The third kappa shape index (κ3) is 6.26. The maximum Gasteiger partial charge on any atom is 0.317 e. The molecule has 1 aliphatic carbocycles. The van der Waals surface area contributed by atoms with Gasteiger partial charge in [0.2, 0.25) is 0 Å². The highest BCUT2D eigenvalue weighted by molar-refractivity contribution is 6.30. The molecule has 3 aliphatic rings. The number of urea groups is 1. The van der Waals surface area contributed by atoms with Gasteiger partial charge in [0, 0.05) is 62.7 Å². The molecule has 0 saturated carbocycles. The number of carbonyl (C=O) groups is 1. The molecule has 198 valence electrons. The third-order valence-electron chi connectivity index (χ3n) is 7.72. The van der Waals surface area contributed by atoms with Crippen molar-refractivity contribution in [1.82, 2.24) is 31.1 Å². The van der Waals surface area contributed by atoms with E-state index in [1.54, 1.807) is 0 Å². The number of benzene rings is 1. The first kappa shape index (κ1) is 27.0. The summed E-state index contributed by atoms with van der Waals surface area (Å²) in [5.74, 6) is 0. The second kappa shape index (κ2) is 12.4. The quantitative estimate of drug-likeness (QED) is 0.237. The summed E-state index contributed by atoms with van der Waals surface area (Å²) in [5, 5.41) is 13.5. The van der Waals surface area contributed by atoms with E-state index in [4.69, 9.17) is 18.0 Å². The van der Waals surface area contributed by atoms with Gasteiger partial charge in [0.1, 0.15) is 0 Å². The van der Waals surface area contributed by atoms with E-state index in [0.29, 0.717) is 19.6 Å². The summed E-state index contributed by atoms with van der Waals surface area (Å²) in [6, 6.07) is 8.98. The van der Waals surface area contributed by atoms with Crippen LogP contribution in [0.2, 0.25) is 5.02 Å². The minimum atomic E-state index is -0.201. The number of piperazine rings is 1. The standard InChI is InChI=1S/C29H39ClN6O/c1-4-32-25(21-31-3)9-5-6-14-33-28(37)36-18-16-35(17-19-36)27-26-13-12-24(30)20-22(26)10-11-23-8-7-15-34-29(23,27)2/h1,7-8,12-13,15,20-21,27,31-32,34H,5-6,9-11,14,16-19H2,2-3H3,(H,33,37)/b25-21-. The highest BCUT2D eigenvalue weighted by Crippen LogP contribution is 2.44. The van der Waals surface area contributed by atoms with E-state index in [9.17, 15) is 4.79 Å². The summed E-state index contributed by atoms with van der Waals surface area (Å²) in [4.78, 5) is 17.3. The maximum absolute atomic E-state index is 12.9. The molecule has 0 bridgehead atoms. The van der Waals surface area contributed by atoms with Gasteiger partial charge in [-0.25, -0.2) is 4.79 Å². The molecule has 37 heavy (non-hydrogen) atoms. The smallest absolute Gasteiger partial charge is 0.317 e. The van der Waals surface area contributed by atoms with Gasteiger partial charge in [0.15, 0.2) is 0 Å². The summed E-state index contributed by atoms with van der Waals surface area (Å²) in [6.45, 7) is 6.02. The molecule has 2 unspecified atom stereocenters. The molecule has 8 heteroatoms. The number of fused-ring (bicyclic) bond motifs is 2. The van der Waals surface area contributed by atoms with Crippen molar-refractivity contribution in [2.75, 3.05) is 39.8 Å². The van der Waals surface area contributed by atoms with Crippen LogP contribution in [0.25, 0.3) is 0 Å². The number of halogens is 1. The van der Waals surface area contributed by atoms with Crippen LogP contribution in [-0.4, -0.2) is 61.1 Å². The van der Waals surface area contributed by atoms with Crippen LogP contribution in [-0.2, 0) is 6.42 Å². The number of carbonyl (C=O) groups excluding carboxylic acids is 1. The second-order valence-electron chi connectivity index (χ2n) is 10.1. The first-order valence-electron chi connectivity index (χ1n) is 13.2. The summed E-state index contributed by atoms with van der Waals surface area (Å²) in [7, 11) is 1.85. The molecule has 1 fully saturated rings. The number of unbranched alkanes of at least 4 members (excludes halogenated alkanes) is 1. The van der Waals surface area contributed by atoms with Gasteiger partial charge in [0.05, 0.1) is 11.6 Å². The Kier molecular flexibility index (Phi) is 9.07. The van der Waals surface area contributed by atoms with Crippen molar-refractivity contribution >= 4 is 17.6 Å². The number of rotatable bonds is 8. The molecule has 1 aromatic carbocycles. The number of allylic oxidation sites excluding steroid dienone is 3. The highest BCUT2D eigenvalue weighted by atomic mass is 35.5. The molecule has 2 aliphatic heterocycles. The Morgan fingerprint density at radius 1 is 1.27 bits per heavy atom. The minimum Gasteiger partial charge on any atom is -0.393 e. The van der Waals surface area contributed by atoms with Gasteiger partial charge in [-0.2, -0.15) is 0 Å². The zero-order valence-electron chi connectivity index (χ0n) is 21.9. The van der Waals surface area contributed by atoms with Crippen LogP contribution in [0.3, 0.4) is 0 Å². The summed E-state index contributed by atoms with van der Waals surface area (Å²) >= 11 is 6.39. The second-order valence-corrected chi connectivity index (χ2v) is 10.5. The number of nitrogens with one attached hydrogen (secondary N) is 4. The average molecular weight is 523 g/mol. The van der Waals surface area contributed by atoms with E-state index in [0.717, 1.165) is 55.9 Å². The van der Waals surface area contributed by atoms with Gasteiger partial charge in [-0.3, -0.25) is 4.90 Å². The monoisotopic (exact) mass is 522 g/mol. The maximum atomic E-state index is 12.9. The lowest BCUT2D eigenvalue weighted by molar-refractivity contribution is 0.0751. The number of dihydropyridines is 1. The Labute approximate surface area is 226 Å². The molecule has 0 radical (unpaired) electrons. The number of aryl methyl sites for hydroxylation is 1. The first-order chi connectivity index (χ1) is 18.0. The lowest BCUT2D eigenvalue weighted by Gasteiger charge is -2.48. The Morgan fingerprint density at radius 3 is 2.84 bits per heavy atom. The first-order valence-corrected chi connectivity index (χ1v) is 13.6. The number of hydrogen-bond donors (Lipinski definition) is 4. The Morgan fingerprint density at radius 2 is 2.08 bits per heavy atom. The van der Waals surface area contributed by atoms with Crippen molar-refractivity contribution in [1.29, 1.82) is 0 Å². The van der Waals surface area contributed by atoms with Crippen molar-refractivity contribution in [2.45, 2.75) is 50.6 Å². The molecular formula is C29H39ClN6O. The van der Waals surface area contributed by atoms with Crippen LogP contribution in [0.4, 0.5) is 4.79 Å². The van der Waals surface area contributed by atoms with Crippen molar-refractivity contribution in [3.63, 3.8) is 0 Å². The largest absolute Gasteiger partial charge is 0.393 e. The van der Waals surface area contributed by atoms with Crippen LogP contribution in [0, 0.1) is 12.5 Å². The lowest BCUT2D eigenvalue weighted by Crippen LogP contribution is -2.59. The van der Waals surface area contributed by atoms with Crippen LogP contribution >= 0.6 is 11.6 Å². The summed E-state index contributed by atoms with van der Waals surface area (Å²) in [6.07, 6.45) is 18.3. The molecule has 2 amide bonds. The van der Waals surface area contributed by atoms with Crippen LogP contribution < -0.4 is 21.3 Å². The lowest BCUT2D eigenvalue weighted by atomic mass is 9.78. The molecule has 2 atom stereocenters. The molecule has 4 N–H and O–H groups in total. The molecule has 0 spiro atoms. The Hall–Kier alpha value is -3.08. The molecule has 1 saturated heterocycles. The Balaban J connectivity index is 1.34. The number of terminal acetylenes is 1. The van der Waals surface area contributed by atoms with Crippen LogP contribution in [0.5, 0.6) is 0 Å². The van der Waals surface area contributed by atoms with Gasteiger partial charge < -0.3 is 26.2 Å².